The Morgan fingerprint density at radius 1 is 0.280 bits per heavy atom. The first-order chi connectivity index (χ1) is 37.0. The molecule has 0 saturated heterocycles. The normalized spacial score (nSPS) is 13.2. The Labute approximate surface area is 461 Å². The van der Waals surface area contributed by atoms with Gasteiger partial charge in [-0.05, 0) is 128 Å². The van der Waals surface area contributed by atoms with E-state index < -0.39 is 6.10 Å². The summed E-state index contributed by atoms with van der Waals surface area (Å²) < 4.78 is 16.8. The van der Waals surface area contributed by atoms with Crippen LogP contribution in [-0.2, 0) is 28.6 Å². The van der Waals surface area contributed by atoms with E-state index in [0.717, 1.165) is 122 Å². The van der Waals surface area contributed by atoms with Crippen LogP contribution in [0.4, 0.5) is 0 Å². The van der Waals surface area contributed by atoms with Gasteiger partial charge in [-0.15, -0.1) is 0 Å². The predicted molar refractivity (Wildman–Crippen MR) is 325 cm³/mol. The Bertz CT molecular complexity index is 1660. The van der Waals surface area contributed by atoms with Crippen molar-refractivity contribution in [2.75, 3.05) is 13.2 Å². The van der Waals surface area contributed by atoms with Crippen LogP contribution in [0.3, 0.4) is 0 Å². The van der Waals surface area contributed by atoms with Gasteiger partial charge in [-0.2, -0.15) is 0 Å². The first-order valence-corrected chi connectivity index (χ1v) is 30.3. The summed E-state index contributed by atoms with van der Waals surface area (Å²) in [5, 5.41) is 0. The van der Waals surface area contributed by atoms with Crippen LogP contribution >= 0.6 is 0 Å². The molecule has 75 heavy (non-hydrogen) atoms. The SMILES string of the molecule is CC/C=C\C/C=C\C/C=C\C/C=C\C/C=C\C/C=C\CCC(=O)OCC(COC(=O)CCCCCCCCCCC/C=C\C/C=C\CCCCC)OC(=O)CCCCCCCC/C=C\C/C=C\C/C=C\C/C=C\CC. The monoisotopic (exact) mass is 1030 g/mol. The minimum absolute atomic E-state index is 0.115. The summed E-state index contributed by atoms with van der Waals surface area (Å²) in [7, 11) is 0. The van der Waals surface area contributed by atoms with E-state index in [1.54, 1.807) is 0 Å². The van der Waals surface area contributed by atoms with Crippen molar-refractivity contribution in [2.24, 2.45) is 0 Å². The van der Waals surface area contributed by atoms with Crippen molar-refractivity contribution in [3.63, 3.8) is 0 Å². The number of unbranched alkanes of at least 4 members (excludes halogenated alkanes) is 18. The number of carbonyl (C=O) groups excluding carboxylic acids is 3. The highest BCUT2D eigenvalue weighted by atomic mass is 16.6. The number of hydrogen-bond acceptors (Lipinski definition) is 6. The smallest absolute Gasteiger partial charge is 0.306 e. The minimum atomic E-state index is -0.826. The molecule has 0 heterocycles. The Morgan fingerprint density at radius 3 is 0.893 bits per heavy atom. The molecule has 0 aliphatic rings. The molecule has 1 atom stereocenters. The Balaban J connectivity index is 4.55. The third kappa shape index (κ3) is 60.0. The van der Waals surface area contributed by atoms with Gasteiger partial charge in [-0.3, -0.25) is 14.4 Å². The molecule has 0 fully saturated rings. The summed E-state index contributed by atoms with van der Waals surface area (Å²) in [4.78, 5) is 38.3. The maximum atomic E-state index is 12.9. The second-order valence-corrected chi connectivity index (χ2v) is 19.5. The van der Waals surface area contributed by atoms with E-state index >= 15 is 0 Å². The van der Waals surface area contributed by atoms with Gasteiger partial charge in [0.05, 0.1) is 0 Å². The van der Waals surface area contributed by atoms with Crippen molar-refractivity contribution in [1.82, 2.24) is 0 Å². The van der Waals surface area contributed by atoms with E-state index in [-0.39, 0.29) is 44.0 Å². The Morgan fingerprint density at radius 2 is 0.547 bits per heavy atom. The average molecular weight is 1040 g/mol. The molecule has 0 N–H and O–H groups in total. The molecule has 6 heteroatoms. The number of hydrogen-bond donors (Lipinski definition) is 0. The predicted octanol–water partition coefficient (Wildman–Crippen LogP) is 20.8. The van der Waals surface area contributed by atoms with Crippen molar-refractivity contribution in [2.45, 2.75) is 258 Å². The largest absolute Gasteiger partial charge is 0.462 e. The first-order valence-electron chi connectivity index (χ1n) is 30.3. The highest BCUT2D eigenvalue weighted by Gasteiger charge is 2.19. The molecular formula is C69H110O6. The molecule has 422 valence electrons. The van der Waals surface area contributed by atoms with E-state index in [0.29, 0.717) is 12.8 Å². The van der Waals surface area contributed by atoms with Crippen LogP contribution in [0.5, 0.6) is 0 Å². The number of ether oxygens (including phenoxy) is 3. The molecule has 0 aromatic carbocycles. The fourth-order valence-corrected chi connectivity index (χ4v) is 7.84. The zero-order valence-corrected chi connectivity index (χ0v) is 48.3. The van der Waals surface area contributed by atoms with Crippen molar-refractivity contribution >= 4 is 17.9 Å². The van der Waals surface area contributed by atoms with Crippen LogP contribution in [-0.4, -0.2) is 37.2 Å². The van der Waals surface area contributed by atoms with Crippen molar-refractivity contribution in [3.8, 4) is 0 Å². The topological polar surface area (TPSA) is 78.9 Å². The quantitative estimate of drug-likeness (QED) is 0.0261. The zero-order valence-electron chi connectivity index (χ0n) is 48.3. The molecule has 0 saturated carbocycles. The summed E-state index contributed by atoms with van der Waals surface area (Å²) in [6, 6.07) is 0. The number of allylic oxidation sites excluding steroid dienone is 24. The summed E-state index contributed by atoms with van der Waals surface area (Å²) in [5.74, 6) is -1.02. The molecule has 0 rings (SSSR count). The van der Waals surface area contributed by atoms with Gasteiger partial charge in [-0.1, -0.05) is 250 Å². The fourth-order valence-electron chi connectivity index (χ4n) is 7.84. The molecule has 1 unspecified atom stereocenters. The summed E-state index contributed by atoms with van der Waals surface area (Å²) in [6.07, 6.45) is 88.5. The number of carbonyl (C=O) groups is 3. The van der Waals surface area contributed by atoms with Gasteiger partial charge >= 0.3 is 17.9 Å². The van der Waals surface area contributed by atoms with Gasteiger partial charge in [0.25, 0.3) is 0 Å². The molecule has 0 aromatic heterocycles. The molecule has 0 amide bonds. The highest BCUT2D eigenvalue weighted by Crippen LogP contribution is 2.14. The van der Waals surface area contributed by atoms with Crippen LogP contribution in [0.15, 0.2) is 146 Å². The number of rotatable bonds is 53. The summed E-state index contributed by atoms with van der Waals surface area (Å²) >= 11 is 0. The van der Waals surface area contributed by atoms with E-state index in [4.69, 9.17) is 14.2 Å². The highest BCUT2D eigenvalue weighted by molar-refractivity contribution is 5.71. The molecule has 0 spiro atoms. The Hall–Kier alpha value is -4.71. The average Bonchev–Trinajstić information content (AvgIpc) is 3.41. The third-order valence-electron chi connectivity index (χ3n) is 12.3. The van der Waals surface area contributed by atoms with Gasteiger partial charge < -0.3 is 14.2 Å². The second kappa shape index (κ2) is 61.8. The van der Waals surface area contributed by atoms with Gasteiger partial charge in [0.1, 0.15) is 13.2 Å². The van der Waals surface area contributed by atoms with Crippen LogP contribution in [0, 0.1) is 0 Å². The lowest BCUT2D eigenvalue weighted by Gasteiger charge is -2.18. The van der Waals surface area contributed by atoms with Crippen LogP contribution in [0.25, 0.3) is 0 Å². The van der Waals surface area contributed by atoms with E-state index in [9.17, 15) is 14.4 Å². The van der Waals surface area contributed by atoms with Gasteiger partial charge in [0, 0.05) is 19.3 Å². The van der Waals surface area contributed by atoms with Gasteiger partial charge in [0.15, 0.2) is 6.10 Å². The van der Waals surface area contributed by atoms with Crippen molar-refractivity contribution in [1.29, 1.82) is 0 Å². The molecule has 0 aliphatic carbocycles. The second-order valence-electron chi connectivity index (χ2n) is 19.5. The fraction of sp³-hybridized carbons (Fsp3) is 0.609. The van der Waals surface area contributed by atoms with E-state index in [2.05, 4.69) is 161 Å². The Kier molecular flexibility index (Phi) is 58.0. The van der Waals surface area contributed by atoms with E-state index in [1.165, 1.54) is 83.5 Å². The molecule has 0 radical (unpaired) electrons. The van der Waals surface area contributed by atoms with Crippen LogP contribution in [0.1, 0.15) is 252 Å². The number of esters is 3. The van der Waals surface area contributed by atoms with Crippen molar-refractivity contribution in [3.05, 3.63) is 146 Å². The molecule has 0 aromatic rings. The van der Waals surface area contributed by atoms with Crippen LogP contribution in [0.2, 0.25) is 0 Å². The third-order valence-corrected chi connectivity index (χ3v) is 12.3. The molecule has 6 nitrogen and oxygen atoms in total. The lowest BCUT2D eigenvalue weighted by Crippen LogP contribution is -2.30. The van der Waals surface area contributed by atoms with Gasteiger partial charge in [0.2, 0.25) is 0 Å². The van der Waals surface area contributed by atoms with Gasteiger partial charge in [-0.25, -0.2) is 0 Å². The first kappa shape index (κ1) is 70.3. The molecule has 0 bridgehead atoms. The maximum Gasteiger partial charge on any atom is 0.306 e. The summed E-state index contributed by atoms with van der Waals surface area (Å²) in [6.45, 7) is 6.31. The van der Waals surface area contributed by atoms with Crippen LogP contribution < -0.4 is 0 Å². The molecule has 0 aliphatic heterocycles. The lowest BCUT2D eigenvalue weighted by molar-refractivity contribution is -0.166. The van der Waals surface area contributed by atoms with Crippen molar-refractivity contribution < 1.29 is 28.6 Å². The van der Waals surface area contributed by atoms with E-state index in [1.807, 2.05) is 6.08 Å². The zero-order chi connectivity index (χ0) is 54.3. The lowest BCUT2D eigenvalue weighted by atomic mass is 10.1. The standard InChI is InChI=1S/C69H110O6/c1-4-7-10-13-16-19-22-25-28-31-34-37-40-43-46-49-52-55-58-61-67(70)73-64-66(75-69(72)63-60-57-54-51-48-45-42-39-36-33-30-27-24-21-18-15-12-9-6-3)65-74-68(71)62-59-56-53-50-47-44-41-38-35-32-29-26-23-20-17-14-11-8-5-2/h7,9-10,12,16-21,25-30,34,36-37,39,43,46,52,55,66H,4-6,8,11,13-15,22-24,31-33,35,38,40-42,44-45,47-51,53-54,56-65H2,1-3H3/b10-7-,12-9-,19-16-,20-17-,21-18-,28-25-,29-26-,30-27-,37-34-,39-36-,46-43-,55-52-. The minimum Gasteiger partial charge on any atom is -0.462 e. The molecular weight excluding hydrogens is 925 g/mol. The summed E-state index contributed by atoms with van der Waals surface area (Å²) in [5.41, 5.74) is 0. The maximum absolute atomic E-state index is 12.9.